The van der Waals surface area contributed by atoms with E-state index >= 15 is 0 Å². The third kappa shape index (κ3) is 2.96. The molecule has 1 heterocycles. The van der Waals surface area contributed by atoms with Crippen LogP contribution in [-0.2, 0) is 6.54 Å². The SMILES string of the molecule is COc1c(Cl)ncn(Cc2ccc(Br)cc2F)c1=O. The van der Waals surface area contributed by atoms with Crippen molar-refractivity contribution in [3.05, 3.63) is 55.9 Å². The Morgan fingerprint density at radius 1 is 1.53 bits per heavy atom. The minimum Gasteiger partial charge on any atom is -0.489 e. The van der Waals surface area contributed by atoms with Gasteiger partial charge < -0.3 is 4.74 Å². The van der Waals surface area contributed by atoms with Gasteiger partial charge in [0.05, 0.1) is 20.0 Å². The quantitative estimate of drug-likeness (QED) is 0.802. The Bertz CT molecular complexity index is 675. The first-order chi connectivity index (χ1) is 9.02. The lowest BCUT2D eigenvalue weighted by Crippen LogP contribution is -2.23. The summed E-state index contributed by atoms with van der Waals surface area (Å²) in [4.78, 5) is 15.8. The standard InChI is InChI=1S/C12H9BrClFN2O2/c1-19-10-11(14)16-6-17(12(10)18)5-7-2-3-8(13)4-9(7)15/h2-4,6H,5H2,1H3. The lowest BCUT2D eigenvalue weighted by molar-refractivity contribution is 0.400. The first-order valence-electron chi connectivity index (χ1n) is 5.25. The van der Waals surface area contributed by atoms with E-state index in [2.05, 4.69) is 20.9 Å². The average molecular weight is 348 g/mol. The van der Waals surface area contributed by atoms with Gasteiger partial charge in [0.15, 0.2) is 5.15 Å². The van der Waals surface area contributed by atoms with Crippen molar-refractivity contribution in [2.75, 3.05) is 7.11 Å². The number of methoxy groups -OCH3 is 1. The summed E-state index contributed by atoms with van der Waals surface area (Å²) in [6.45, 7) is 0.0540. The van der Waals surface area contributed by atoms with Gasteiger partial charge >= 0.3 is 0 Å². The van der Waals surface area contributed by atoms with Crippen molar-refractivity contribution >= 4 is 27.5 Å². The van der Waals surface area contributed by atoms with Crippen LogP contribution in [0.4, 0.5) is 4.39 Å². The molecule has 0 aliphatic carbocycles. The van der Waals surface area contributed by atoms with Crippen LogP contribution >= 0.6 is 27.5 Å². The van der Waals surface area contributed by atoms with Crippen molar-refractivity contribution in [2.45, 2.75) is 6.54 Å². The smallest absolute Gasteiger partial charge is 0.297 e. The highest BCUT2D eigenvalue weighted by Crippen LogP contribution is 2.18. The van der Waals surface area contributed by atoms with Gasteiger partial charge in [-0.2, -0.15) is 0 Å². The highest BCUT2D eigenvalue weighted by molar-refractivity contribution is 9.10. The van der Waals surface area contributed by atoms with Gasteiger partial charge in [-0.15, -0.1) is 0 Å². The summed E-state index contributed by atoms with van der Waals surface area (Å²) >= 11 is 8.90. The maximum absolute atomic E-state index is 13.7. The number of hydrogen-bond acceptors (Lipinski definition) is 3. The molecule has 7 heteroatoms. The molecular formula is C12H9BrClFN2O2. The van der Waals surface area contributed by atoms with Crippen LogP contribution in [0.2, 0.25) is 5.15 Å². The average Bonchev–Trinajstić information content (AvgIpc) is 2.36. The van der Waals surface area contributed by atoms with E-state index in [0.717, 1.165) is 0 Å². The first-order valence-corrected chi connectivity index (χ1v) is 6.43. The highest BCUT2D eigenvalue weighted by atomic mass is 79.9. The van der Waals surface area contributed by atoms with Crippen LogP contribution in [0.5, 0.6) is 5.75 Å². The predicted octanol–water partition coefficient (Wildman–Crippen LogP) is 2.86. The van der Waals surface area contributed by atoms with Gasteiger partial charge in [0.2, 0.25) is 5.75 Å². The number of nitrogens with zero attached hydrogens (tertiary/aromatic N) is 2. The minimum atomic E-state index is -0.454. The largest absolute Gasteiger partial charge is 0.489 e. The van der Waals surface area contributed by atoms with E-state index in [1.807, 2.05) is 0 Å². The number of ether oxygens (including phenoxy) is 1. The van der Waals surface area contributed by atoms with Crippen molar-refractivity contribution in [3.8, 4) is 5.75 Å². The predicted molar refractivity (Wildman–Crippen MR) is 73.3 cm³/mol. The van der Waals surface area contributed by atoms with Gasteiger partial charge in [0.1, 0.15) is 5.82 Å². The Hall–Kier alpha value is -1.40. The Balaban J connectivity index is 2.42. The van der Waals surface area contributed by atoms with Crippen molar-refractivity contribution in [1.29, 1.82) is 0 Å². The molecule has 0 saturated heterocycles. The van der Waals surface area contributed by atoms with E-state index in [-0.39, 0.29) is 17.4 Å². The maximum Gasteiger partial charge on any atom is 0.297 e. The number of halogens is 3. The second-order valence-corrected chi connectivity index (χ2v) is 5.01. The van der Waals surface area contributed by atoms with Gasteiger partial charge in [-0.25, -0.2) is 9.37 Å². The van der Waals surface area contributed by atoms with Gasteiger partial charge in [-0.1, -0.05) is 33.6 Å². The van der Waals surface area contributed by atoms with Crippen molar-refractivity contribution in [2.24, 2.45) is 0 Å². The Kier molecular flexibility index (Phi) is 4.21. The van der Waals surface area contributed by atoms with Crippen LogP contribution in [0.1, 0.15) is 5.56 Å². The number of aromatic nitrogens is 2. The molecule has 2 aromatic rings. The molecule has 0 saturated carbocycles. The van der Waals surface area contributed by atoms with Gasteiger partial charge in [0.25, 0.3) is 5.56 Å². The molecule has 0 amide bonds. The van der Waals surface area contributed by atoms with E-state index in [9.17, 15) is 9.18 Å². The number of benzene rings is 1. The first kappa shape index (κ1) is 14.0. The lowest BCUT2D eigenvalue weighted by Gasteiger charge is -2.09. The molecule has 0 unspecified atom stereocenters. The molecule has 0 aliphatic heterocycles. The van der Waals surface area contributed by atoms with Crippen LogP contribution in [-0.4, -0.2) is 16.7 Å². The summed E-state index contributed by atoms with van der Waals surface area (Å²) in [7, 11) is 1.33. The van der Waals surface area contributed by atoms with Gasteiger partial charge in [-0.3, -0.25) is 9.36 Å². The molecule has 4 nitrogen and oxygen atoms in total. The van der Waals surface area contributed by atoms with E-state index in [1.54, 1.807) is 12.1 Å². The second kappa shape index (κ2) is 5.71. The fraction of sp³-hybridized carbons (Fsp3) is 0.167. The Morgan fingerprint density at radius 3 is 2.89 bits per heavy atom. The van der Waals surface area contributed by atoms with E-state index < -0.39 is 11.4 Å². The molecule has 1 aromatic carbocycles. The monoisotopic (exact) mass is 346 g/mol. The molecule has 0 aliphatic rings. The summed E-state index contributed by atoms with van der Waals surface area (Å²) < 4.78 is 20.4. The lowest BCUT2D eigenvalue weighted by atomic mass is 10.2. The van der Waals surface area contributed by atoms with Gasteiger partial charge in [-0.05, 0) is 12.1 Å². The van der Waals surface area contributed by atoms with Crippen LogP contribution in [0.3, 0.4) is 0 Å². The Morgan fingerprint density at radius 2 is 2.26 bits per heavy atom. The molecule has 19 heavy (non-hydrogen) atoms. The molecule has 0 N–H and O–H groups in total. The number of hydrogen-bond donors (Lipinski definition) is 0. The molecule has 100 valence electrons. The summed E-state index contributed by atoms with van der Waals surface area (Å²) in [5.74, 6) is -0.461. The Labute approximate surface area is 121 Å². The van der Waals surface area contributed by atoms with Crippen LogP contribution in [0, 0.1) is 5.82 Å². The zero-order valence-corrected chi connectivity index (χ0v) is 12.2. The molecule has 2 rings (SSSR count). The van der Waals surface area contributed by atoms with Crippen molar-refractivity contribution < 1.29 is 9.13 Å². The summed E-state index contributed by atoms with van der Waals surface area (Å²) in [5, 5.41) is -0.0139. The molecule has 0 radical (unpaired) electrons. The van der Waals surface area contributed by atoms with E-state index in [4.69, 9.17) is 16.3 Å². The molecule has 0 fully saturated rings. The summed E-state index contributed by atoms with van der Waals surface area (Å²) in [5.41, 5.74) is -0.0821. The van der Waals surface area contributed by atoms with Gasteiger partial charge in [0, 0.05) is 10.0 Å². The van der Waals surface area contributed by atoms with Crippen LogP contribution < -0.4 is 10.3 Å². The fourth-order valence-corrected chi connectivity index (χ4v) is 2.10. The summed E-state index contributed by atoms with van der Waals surface area (Å²) in [6, 6.07) is 4.62. The summed E-state index contributed by atoms with van der Waals surface area (Å²) in [6.07, 6.45) is 1.26. The third-order valence-electron chi connectivity index (χ3n) is 2.51. The van der Waals surface area contributed by atoms with E-state index in [1.165, 1.54) is 24.1 Å². The zero-order valence-electron chi connectivity index (χ0n) is 9.86. The van der Waals surface area contributed by atoms with Crippen molar-refractivity contribution in [1.82, 2.24) is 9.55 Å². The molecule has 0 bridgehead atoms. The van der Waals surface area contributed by atoms with Crippen LogP contribution in [0.25, 0.3) is 0 Å². The zero-order chi connectivity index (χ0) is 14.0. The van der Waals surface area contributed by atoms with E-state index in [0.29, 0.717) is 10.0 Å². The highest BCUT2D eigenvalue weighted by Gasteiger charge is 2.12. The topological polar surface area (TPSA) is 44.1 Å². The molecule has 1 aromatic heterocycles. The molecule has 0 spiro atoms. The molecule has 0 atom stereocenters. The minimum absolute atomic E-state index is 0.0139. The fourth-order valence-electron chi connectivity index (χ4n) is 1.57. The van der Waals surface area contributed by atoms with Crippen LogP contribution in [0.15, 0.2) is 33.8 Å². The molecular weight excluding hydrogens is 338 g/mol. The van der Waals surface area contributed by atoms with Crippen molar-refractivity contribution in [3.63, 3.8) is 0 Å². The number of rotatable bonds is 3. The maximum atomic E-state index is 13.7. The second-order valence-electron chi connectivity index (χ2n) is 3.74. The third-order valence-corrected chi connectivity index (χ3v) is 3.28. The normalized spacial score (nSPS) is 10.5.